The van der Waals surface area contributed by atoms with Crippen molar-refractivity contribution >= 4 is 10.0 Å². The Kier molecular flexibility index (Phi) is 6.58. The Morgan fingerprint density at radius 3 is 2.21 bits per heavy atom. The molecule has 0 amide bonds. The molecule has 178 valence electrons. The Labute approximate surface area is 202 Å². The van der Waals surface area contributed by atoms with Gasteiger partial charge in [0.2, 0.25) is 10.0 Å². The summed E-state index contributed by atoms with van der Waals surface area (Å²) < 4.78 is 28.9. The molecule has 0 radical (unpaired) electrons. The molecule has 2 aliphatic rings. The van der Waals surface area contributed by atoms with Crippen molar-refractivity contribution in [2.75, 3.05) is 26.2 Å². The summed E-state index contributed by atoms with van der Waals surface area (Å²) in [6.45, 7) is 3.80. The quantitative estimate of drug-likeness (QED) is 0.597. The zero-order chi connectivity index (χ0) is 23.7. The van der Waals surface area contributed by atoms with Crippen molar-refractivity contribution < 1.29 is 13.5 Å². The summed E-state index contributed by atoms with van der Waals surface area (Å²) in [4.78, 5) is 2.71. The monoisotopic (exact) mass is 476 g/mol. The second kappa shape index (κ2) is 9.62. The molecule has 1 N–H and O–H groups in total. The highest BCUT2D eigenvalue weighted by Crippen LogP contribution is 2.43. The molecule has 0 aromatic heterocycles. The van der Waals surface area contributed by atoms with Crippen LogP contribution in [0.5, 0.6) is 0 Å². The number of aliphatic hydroxyl groups is 1. The fraction of sp³-hybridized carbons (Fsp3) is 0.357. The number of aliphatic hydroxyl groups excluding tert-OH is 1. The van der Waals surface area contributed by atoms with Gasteiger partial charge in [0, 0.05) is 31.1 Å². The van der Waals surface area contributed by atoms with Gasteiger partial charge in [-0.25, -0.2) is 8.42 Å². The third kappa shape index (κ3) is 4.20. The Bertz CT molecular complexity index is 1230. The van der Waals surface area contributed by atoms with Crippen molar-refractivity contribution in [3.05, 3.63) is 90.0 Å². The lowest BCUT2D eigenvalue weighted by Gasteiger charge is -2.57. The third-order valence-corrected chi connectivity index (χ3v) is 9.47. The van der Waals surface area contributed by atoms with Crippen LogP contribution in [0.15, 0.2) is 83.8 Å². The van der Waals surface area contributed by atoms with Crippen LogP contribution in [0, 0.1) is 6.92 Å². The smallest absolute Gasteiger partial charge is 0.243 e. The molecular formula is C28H32N2O3S. The average molecular weight is 477 g/mol. The molecule has 2 aliphatic heterocycles. The SMILES string of the molecule is Cc1ccccc1S(=O)(=O)N1CCCCN2[C@H](CO)[C@H](c3ccc(-c4ccccc4)cc3)[C@@H]2C1. The highest BCUT2D eigenvalue weighted by molar-refractivity contribution is 7.89. The van der Waals surface area contributed by atoms with E-state index in [1.807, 2.05) is 37.3 Å². The van der Waals surface area contributed by atoms with Crippen LogP contribution in [0.2, 0.25) is 0 Å². The van der Waals surface area contributed by atoms with Gasteiger partial charge in [0.1, 0.15) is 0 Å². The summed E-state index contributed by atoms with van der Waals surface area (Å²) in [6.07, 6.45) is 1.75. The van der Waals surface area contributed by atoms with Gasteiger partial charge < -0.3 is 5.11 Å². The van der Waals surface area contributed by atoms with Crippen LogP contribution in [0.1, 0.15) is 29.9 Å². The van der Waals surface area contributed by atoms with E-state index in [0.29, 0.717) is 18.0 Å². The number of fused-ring (bicyclic) bond motifs is 1. The van der Waals surface area contributed by atoms with Gasteiger partial charge in [-0.05, 0) is 54.6 Å². The summed E-state index contributed by atoms with van der Waals surface area (Å²) in [5, 5.41) is 10.2. The van der Waals surface area contributed by atoms with E-state index in [0.717, 1.165) is 36.1 Å². The van der Waals surface area contributed by atoms with E-state index < -0.39 is 10.0 Å². The van der Waals surface area contributed by atoms with Crippen LogP contribution in [-0.2, 0) is 10.0 Å². The van der Waals surface area contributed by atoms with Crippen LogP contribution in [0.4, 0.5) is 0 Å². The number of hydrogen-bond donors (Lipinski definition) is 1. The highest BCUT2D eigenvalue weighted by atomic mass is 32.2. The van der Waals surface area contributed by atoms with E-state index in [4.69, 9.17) is 0 Å². The molecule has 2 heterocycles. The van der Waals surface area contributed by atoms with Crippen molar-refractivity contribution in [1.82, 2.24) is 9.21 Å². The first-order chi connectivity index (χ1) is 16.5. The molecule has 3 aromatic carbocycles. The molecule has 0 spiro atoms. The molecular weight excluding hydrogens is 444 g/mol. The average Bonchev–Trinajstić information content (AvgIpc) is 2.84. The minimum atomic E-state index is -3.58. The van der Waals surface area contributed by atoms with Crippen LogP contribution < -0.4 is 0 Å². The molecule has 0 aliphatic carbocycles. The van der Waals surface area contributed by atoms with Crippen molar-refractivity contribution in [2.45, 2.75) is 42.7 Å². The summed E-state index contributed by atoms with van der Waals surface area (Å²) in [5.74, 6) is 0.0995. The number of rotatable bonds is 5. The van der Waals surface area contributed by atoms with Crippen molar-refractivity contribution in [2.24, 2.45) is 0 Å². The maximum atomic E-state index is 13.6. The molecule has 6 heteroatoms. The standard InChI is InChI=1S/C28H32N2O3S/c1-21-9-5-6-12-27(21)34(32,33)29-17-7-8-18-30-25(19-29)28(26(30)20-31)24-15-13-23(14-16-24)22-10-3-2-4-11-22/h2-6,9-16,25-26,28,31H,7-8,17-20H2,1H3/t25-,26+,28+/m0/s1. The number of aryl methyl sites for hydroxylation is 1. The molecule has 0 saturated carbocycles. The van der Waals surface area contributed by atoms with E-state index >= 15 is 0 Å². The van der Waals surface area contributed by atoms with Gasteiger partial charge in [-0.3, -0.25) is 4.90 Å². The molecule has 5 nitrogen and oxygen atoms in total. The molecule has 5 rings (SSSR count). The van der Waals surface area contributed by atoms with Crippen LogP contribution in [0.25, 0.3) is 11.1 Å². The number of sulfonamides is 1. The number of hydrogen-bond acceptors (Lipinski definition) is 4. The van der Waals surface area contributed by atoms with Crippen LogP contribution in [-0.4, -0.2) is 61.1 Å². The lowest BCUT2D eigenvalue weighted by molar-refractivity contribution is -0.0553. The normalized spacial score (nSPS) is 24.0. The lowest BCUT2D eigenvalue weighted by Crippen LogP contribution is -2.67. The first-order valence-electron chi connectivity index (χ1n) is 12.1. The van der Waals surface area contributed by atoms with E-state index in [9.17, 15) is 13.5 Å². The van der Waals surface area contributed by atoms with Crippen molar-refractivity contribution in [3.8, 4) is 11.1 Å². The van der Waals surface area contributed by atoms with Gasteiger partial charge in [-0.1, -0.05) is 72.8 Å². The molecule has 34 heavy (non-hydrogen) atoms. The predicted octanol–water partition coefficient (Wildman–Crippen LogP) is 4.28. The fourth-order valence-corrected chi connectivity index (χ4v) is 7.36. The molecule has 2 saturated heterocycles. The van der Waals surface area contributed by atoms with E-state index in [2.05, 4.69) is 41.3 Å². The van der Waals surface area contributed by atoms with Crippen molar-refractivity contribution in [3.63, 3.8) is 0 Å². The zero-order valence-electron chi connectivity index (χ0n) is 19.5. The van der Waals surface area contributed by atoms with Crippen molar-refractivity contribution in [1.29, 1.82) is 0 Å². The zero-order valence-corrected chi connectivity index (χ0v) is 20.4. The summed E-state index contributed by atoms with van der Waals surface area (Å²) in [5.41, 5.74) is 4.26. The predicted molar refractivity (Wildman–Crippen MR) is 135 cm³/mol. The minimum absolute atomic E-state index is 0.0219. The molecule has 2 fully saturated rings. The summed E-state index contributed by atoms with van der Waals surface area (Å²) >= 11 is 0. The number of benzene rings is 3. The van der Waals surface area contributed by atoms with Gasteiger partial charge in [0.25, 0.3) is 0 Å². The maximum Gasteiger partial charge on any atom is 0.243 e. The topological polar surface area (TPSA) is 60.9 Å². The van der Waals surface area contributed by atoms with Crippen LogP contribution in [0.3, 0.4) is 0 Å². The van der Waals surface area contributed by atoms with Gasteiger partial charge in [0.15, 0.2) is 0 Å². The van der Waals surface area contributed by atoms with Crippen LogP contribution >= 0.6 is 0 Å². The Balaban J connectivity index is 1.44. The first-order valence-corrected chi connectivity index (χ1v) is 13.5. The minimum Gasteiger partial charge on any atom is -0.395 e. The molecule has 0 bridgehead atoms. The Morgan fingerprint density at radius 1 is 0.853 bits per heavy atom. The summed E-state index contributed by atoms with van der Waals surface area (Å²) in [7, 11) is -3.58. The van der Waals surface area contributed by atoms with Gasteiger partial charge in [-0.15, -0.1) is 0 Å². The van der Waals surface area contributed by atoms with E-state index in [-0.39, 0.29) is 24.6 Å². The maximum absolute atomic E-state index is 13.6. The molecule has 3 atom stereocenters. The highest BCUT2D eigenvalue weighted by Gasteiger charge is 2.50. The molecule has 3 aromatic rings. The second-order valence-electron chi connectivity index (χ2n) is 9.40. The summed E-state index contributed by atoms with van der Waals surface area (Å²) in [6, 6.07) is 26.1. The second-order valence-corrected chi connectivity index (χ2v) is 11.3. The lowest BCUT2D eigenvalue weighted by atomic mass is 9.74. The van der Waals surface area contributed by atoms with E-state index in [1.165, 1.54) is 5.56 Å². The largest absolute Gasteiger partial charge is 0.395 e. The first kappa shape index (κ1) is 23.2. The van der Waals surface area contributed by atoms with Gasteiger partial charge in [0.05, 0.1) is 11.5 Å². The van der Waals surface area contributed by atoms with Gasteiger partial charge >= 0.3 is 0 Å². The number of nitrogens with zero attached hydrogens (tertiary/aromatic N) is 2. The Hall–Kier alpha value is -2.51. The third-order valence-electron chi connectivity index (χ3n) is 7.45. The van der Waals surface area contributed by atoms with E-state index in [1.54, 1.807) is 16.4 Å². The van der Waals surface area contributed by atoms with Gasteiger partial charge in [-0.2, -0.15) is 4.31 Å². The fourth-order valence-electron chi connectivity index (χ4n) is 5.64. The Morgan fingerprint density at radius 2 is 1.50 bits per heavy atom. The molecule has 0 unspecified atom stereocenters.